The highest BCUT2D eigenvalue weighted by molar-refractivity contribution is 5.98. The zero-order chi connectivity index (χ0) is 18.2. The van der Waals surface area contributed by atoms with Gasteiger partial charge in [0, 0.05) is 0 Å². The van der Waals surface area contributed by atoms with E-state index in [2.05, 4.69) is 0 Å². The fourth-order valence-electron chi connectivity index (χ4n) is 2.14. The average Bonchev–Trinajstić information content (AvgIpc) is 2.48. The van der Waals surface area contributed by atoms with Gasteiger partial charge >= 0.3 is 6.18 Å². The number of alkyl halides is 3. The molecule has 6 nitrogen and oxygen atoms in total. The molecule has 2 aromatic rings. The van der Waals surface area contributed by atoms with Crippen LogP contribution in [0.5, 0.6) is 5.75 Å². The molecule has 0 radical (unpaired) electrons. The molecule has 1 aromatic carbocycles. The Kier molecular flexibility index (Phi) is 4.24. The minimum Gasteiger partial charge on any atom is -0.494 e. The Labute approximate surface area is 132 Å². The van der Waals surface area contributed by atoms with Gasteiger partial charge in [-0.15, -0.1) is 0 Å². The number of nitrogen functional groups attached to an aromatic ring is 1. The minimum absolute atomic E-state index is 0.00986. The Morgan fingerprint density at radius 3 is 2.42 bits per heavy atom. The first-order chi connectivity index (χ1) is 11.1. The van der Waals surface area contributed by atoms with Crippen molar-refractivity contribution in [2.24, 2.45) is 5.73 Å². The molecule has 1 amide bonds. The number of nitrogens with two attached hydrogens (primary N) is 2. The maximum Gasteiger partial charge on any atom is 0.431 e. The van der Waals surface area contributed by atoms with Crippen LogP contribution in [0.25, 0.3) is 5.69 Å². The van der Waals surface area contributed by atoms with Crippen LogP contribution in [0.2, 0.25) is 0 Å². The van der Waals surface area contributed by atoms with Gasteiger partial charge in [-0.25, -0.2) is 4.39 Å². The number of aromatic nitrogens is 1. The molecule has 24 heavy (non-hydrogen) atoms. The molecule has 4 N–H and O–H groups in total. The molecule has 10 heteroatoms. The van der Waals surface area contributed by atoms with E-state index in [9.17, 15) is 27.2 Å². The first-order valence-electron chi connectivity index (χ1n) is 6.35. The summed E-state index contributed by atoms with van der Waals surface area (Å²) < 4.78 is 59.0. The number of nitrogens with zero attached hydrogens (tertiary/aromatic N) is 1. The summed E-state index contributed by atoms with van der Waals surface area (Å²) in [5.74, 6) is -2.79. The molecule has 0 atom stereocenters. The number of pyridine rings is 1. The van der Waals surface area contributed by atoms with Crippen LogP contribution in [0.15, 0.2) is 29.1 Å². The van der Waals surface area contributed by atoms with E-state index in [1.54, 1.807) is 0 Å². The summed E-state index contributed by atoms with van der Waals surface area (Å²) >= 11 is 0. The zero-order valence-corrected chi connectivity index (χ0v) is 12.1. The molecule has 0 spiro atoms. The lowest BCUT2D eigenvalue weighted by Gasteiger charge is -2.19. The third-order valence-electron chi connectivity index (χ3n) is 3.19. The lowest BCUT2D eigenvalue weighted by molar-refractivity contribution is -0.142. The van der Waals surface area contributed by atoms with Crippen molar-refractivity contribution in [3.05, 3.63) is 51.7 Å². The minimum atomic E-state index is -5.09. The van der Waals surface area contributed by atoms with Gasteiger partial charge in [0.25, 0.3) is 11.5 Å². The van der Waals surface area contributed by atoms with Gasteiger partial charge in [0.1, 0.15) is 22.8 Å². The summed E-state index contributed by atoms with van der Waals surface area (Å²) in [6.07, 6.45) is -5.09. The zero-order valence-electron chi connectivity index (χ0n) is 12.1. The third kappa shape index (κ3) is 2.77. The Balaban J connectivity index is 3.03. The number of carbonyl (C=O) groups excluding carboxylic acids is 1. The van der Waals surface area contributed by atoms with Gasteiger partial charge in [-0.05, 0) is 18.2 Å². The lowest BCUT2D eigenvalue weighted by Crippen LogP contribution is -2.32. The van der Waals surface area contributed by atoms with Crippen LogP contribution < -0.4 is 21.8 Å². The van der Waals surface area contributed by atoms with Crippen molar-refractivity contribution in [3.63, 3.8) is 0 Å². The SMILES string of the molecule is COc1cccc(F)c1-n1c(C(F)(F)F)cc(C(N)=O)c(N)c1=O. The predicted molar refractivity (Wildman–Crippen MR) is 76.5 cm³/mol. The van der Waals surface area contributed by atoms with Crippen molar-refractivity contribution >= 4 is 11.6 Å². The quantitative estimate of drug-likeness (QED) is 0.827. The third-order valence-corrected chi connectivity index (χ3v) is 3.19. The first kappa shape index (κ1) is 17.3. The largest absolute Gasteiger partial charge is 0.494 e. The normalized spacial score (nSPS) is 11.4. The van der Waals surface area contributed by atoms with Crippen molar-refractivity contribution < 1.29 is 27.1 Å². The maximum absolute atomic E-state index is 14.1. The molecule has 1 heterocycles. The maximum atomic E-state index is 14.1. The number of methoxy groups -OCH3 is 1. The van der Waals surface area contributed by atoms with E-state index in [1.165, 1.54) is 12.1 Å². The van der Waals surface area contributed by atoms with E-state index in [1.807, 2.05) is 0 Å². The van der Waals surface area contributed by atoms with E-state index in [-0.39, 0.29) is 10.3 Å². The molecular formula is C14H11F4N3O3. The highest BCUT2D eigenvalue weighted by atomic mass is 19.4. The van der Waals surface area contributed by atoms with Crippen molar-refractivity contribution in [1.29, 1.82) is 0 Å². The first-order valence-corrected chi connectivity index (χ1v) is 6.35. The molecule has 0 aliphatic rings. The van der Waals surface area contributed by atoms with Crippen molar-refractivity contribution in [2.45, 2.75) is 6.18 Å². The number of primary amides is 1. The number of hydrogen-bond acceptors (Lipinski definition) is 4. The van der Waals surface area contributed by atoms with Gasteiger partial charge in [-0.2, -0.15) is 13.2 Å². The second kappa shape index (κ2) is 5.87. The molecule has 0 saturated carbocycles. The fourth-order valence-corrected chi connectivity index (χ4v) is 2.14. The van der Waals surface area contributed by atoms with Crippen LogP contribution in [0.1, 0.15) is 16.1 Å². The van der Waals surface area contributed by atoms with Crippen LogP contribution in [0.3, 0.4) is 0 Å². The Bertz CT molecular complexity index is 875. The van der Waals surface area contributed by atoms with Gasteiger partial charge in [-0.3, -0.25) is 14.2 Å². The van der Waals surface area contributed by atoms with Gasteiger partial charge in [-0.1, -0.05) is 6.07 Å². The topological polar surface area (TPSA) is 100 Å². The number of para-hydroxylation sites is 1. The second-order valence-electron chi connectivity index (χ2n) is 4.65. The smallest absolute Gasteiger partial charge is 0.431 e. The van der Waals surface area contributed by atoms with E-state index in [0.29, 0.717) is 6.07 Å². The fraction of sp³-hybridized carbons (Fsp3) is 0.143. The van der Waals surface area contributed by atoms with Crippen LogP contribution in [-0.2, 0) is 6.18 Å². The molecule has 0 fully saturated rings. The molecule has 0 unspecified atom stereocenters. The van der Waals surface area contributed by atoms with Crippen LogP contribution in [0, 0.1) is 5.82 Å². The molecule has 2 rings (SSSR count). The number of carbonyl (C=O) groups is 1. The molecular weight excluding hydrogens is 334 g/mol. The highest BCUT2D eigenvalue weighted by Gasteiger charge is 2.38. The monoisotopic (exact) mass is 345 g/mol. The van der Waals surface area contributed by atoms with E-state index < -0.39 is 46.1 Å². The standard InChI is InChI=1S/C14H11F4N3O3/c1-24-8-4-2-3-7(15)11(8)21-9(14(16,17)18)5-6(12(20)22)10(19)13(21)23/h2-5H,19H2,1H3,(H2,20,22). The van der Waals surface area contributed by atoms with Gasteiger partial charge in [0.2, 0.25) is 0 Å². The molecule has 0 aliphatic heterocycles. The highest BCUT2D eigenvalue weighted by Crippen LogP contribution is 2.34. The van der Waals surface area contributed by atoms with Crippen molar-refractivity contribution in [2.75, 3.05) is 12.8 Å². The van der Waals surface area contributed by atoms with Crippen LogP contribution in [0.4, 0.5) is 23.2 Å². The predicted octanol–water partition coefficient (Wildman–Crippen LogP) is 1.69. The van der Waals surface area contributed by atoms with E-state index in [0.717, 1.165) is 13.2 Å². The lowest BCUT2D eigenvalue weighted by atomic mass is 10.1. The van der Waals surface area contributed by atoms with Gasteiger partial charge in [0.15, 0.2) is 5.82 Å². The Hall–Kier alpha value is -3.04. The number of amides is 1. The number of benzene rings is 1. The molecule has 0 saturated heterocycles. The number of hydrogen-bond donors (Lipinski definition) is 2. The second-order valence-corrected chi connectivity index (χ2v) is 4.65. The summed E-state index contributed by atoms with van der Waals surface area (Å²) in [6.45, 7) is 0. The average molecular weight is 345 g/mol. The summed E-state index contributed by atoms with van der Waals surface area (Å²) in [6, 6.07) is 3.51. The van der Waals surface area contributed by atoms with Crippen molar-refractivity contribution in [1.82, 2.24) is 4.57 Å². The number of halogens is 4. The summed E-state index contributed by atoms with van der Waals surface area (Å²) in [4.78, 5) is 23.5. The molecule has 0 aliphatic carbocycles. The van der Waals surface area contributed by atoms with Crippen molar-refractivity contribution in [3.8, 4) is 11.4 Å². The Morgan fingerprint density at radius 1 is 1.29 bits per heavy atom. The summed E-state index contributed by atoms with van der Waals surface area (Å²) in [7, 11) is 1.09. The molecule has 1 aromatic heterocycles. The number of anilines is 1. The van der Waals surface area contributed by atoms with Crippen LogP contribution in [-0.4, -0.2) is 17.6 Å². The van der Waals surface area contributed by atoms with E-state index >= 15 is 0 Å². The van der Waals surface area contributed by atoms with Gasteiger partial charge < -0.3 is 16.2 Å². The van der Waals surface area contributed by atoms with E-state index in [4.69, 9.17) is 16.2 Å². The molecule has 0 bridgehead atoms. The number of rotatable bonds is 3. The number of ether oxygens (including phenoxy) is 1. The van der Waals surface area contributed by atoms with Crippen LogP contribution >= 0.6 is 0 Å². The summed E-state index contributed by atoms with van der Waals surface area (Å²) in [5, 5.41) is 0. The molecule has 128 valence electrons. The Morgan fingerprint density at radius 2 is 1.92 bits per heavy atom. The summed E-state index contributed by atoms with van der Waals surface area (Å²) in [5.41, 5.74) is 4.88. The van der Waals surface area contributed by atoms with Gasteiger partial charge in [0.05, 0.1) is 12.7 Å².